The molecule has 0 saturated heterocycles. The highest BCUT2D eigenvalue weighted by Crippen LogP contribution is 2.53. The first-order chi connectivity index (χ1) is 42.9. The molecular weight excluding hydrogens is 1050 g/mol. The smallest absolute Gasteiger partial charge is 0.0548 e. The van der Waals surface area contributed by atoms with E-state index in [9.17, 15) is 0 Å². The van der Waals surface area contributed by atoms with Crippen molar-refractivity contribution >= 4 is 92.4 Å². The topological polar surface area (TPSA) is 9.86 Å². The first-order valence-corrected chi connectivity index (χ1v) is 30.7. The summed E-state index contributed by atoms with van der Waals surface area (Å²) >= 11 is 0. The molecule has 0 bridgehead atoms. The van der Waals surface area contributed by atoms with Crippen molar-refractivity contribution in [3.05, 3.63) is 302 Å². The van der Waals surface area contributed by atoms with Gasteiger partial charge >= 0.3 is 0 Å². The minimum Gasteiger partial charge on any atom is -0.313 e. The lowest BCUT2D eigenvalue weighted by atomic mass is 9.80. The van der Waals surface area contributed by atoms with Crippen LogP contribution in [0.25, 0.3) is 165 Å². The van der Waals surface area contributed by atoms with E-state index in [0.29, 0.717) is 0 Å². The van der Waals surface area contributed by atoms with Gasteiger partial charge in [-0.05, 0) is 188 Å². The highest BCUT2D eigenvalue weighted by molar-refractivity contribution is 6.26. The molecule has 87 heavy (non-hydrogen) atoms. The Hall–Kier alpha value is -10.8. The van der Waals surface area contributed by atoms with Crippen LogP contribution in [0.15, 0.2) is 291 Å². The third-order valence-electron chi connectivity index (χ3n) is 19.5. The van der Waals surface area contributed by atoms with E-state index in [1.165, 1.54) is 170 Å². The number of benzene rings is 14. The van der Waals surface area contributed by atoms with E-state index in [4.69, 9.17) is 0 Å². The van der Waals surface area contributed by atoms with Gasteiger partial charge in [-0.1, -0.05) is 250 Å². The maximum Gasteiger partial charge on any atom is 0.0548 e. The number of hydrogen-bond donors (Lipinski definition) is 0. The van der Waals surface area contributed by atoms with Gasteiger partial charge in [-0.15, -0.1) is 0 Å². The van der Waals surface area contributed by atoms with E-state index < -0.39 is 0 Å². The summed E-state index contributed by atoms with van der Waals surface area (Å²) in [6.45, 7) is 4.78. The summed E-state index contributed by atoms with van der Waals surface area (Å²) in [6, 6.07) is 103. The van der Waals surface area contributed by atoms with Crippen molar-refractivity contribution in [1.82, 2.24) is 9.13 Å². The third kappa shape index (κ3) is 7.41. The van der Waals surface area contributed by atoms with Gasteiger partial charge in [0.05, 0.1) is 22.1 Å². The lowest BCUT2D eigenvalue weighted by molar-refractivity contribution is 0.660. The van der Waals surface area contributed by atoms with Crippen LogP contribution in [0.3, 0.4) is 0 Å². The van der Waals surface area contributed by atoms with Gasteiger partial charge < -0.3 is 9.13 Å². The SMILES string of the molecule is CC1(C)c2ccccc2-c2ccc(-c3c4ccccc4c(-c4ccc5c6cc7c(cc6n(-c6ccccc6)c5c4)c4ccc(-c5c6ccccc6c(-c6ccccc6)c6ccccc56)cc4n7C4=CC=CCC4)c4ccc(-c5ccccc5)cc34)cc21. The molecule has 18 rings (SSSR count). The summed E-state index contributed by atoms with van der Waals surface area (Å²) < 4.78 is 5.11. The highest BCUT2D eigenvalue weighted by atomic mass is 15.0. The van der Waals surface area contributed by atoms with Gasteiger partial charge in [0, 0.05) is 38.3 Å². The molecule has 2 aromatic heterocycles. The van der Waals surface area contributed by atoms with Crippen LogP contribution in [-0.2, 0) is 5.41 Å². The van der Waals surface area contributed by atoms with Crippen molar-refractivity contribution in [1.29, 1.82) is 0 Å². The van der Waals surface area contributed by atoms with Crippen LogP contribution in [0, 0.1) is 0 Å². The van der Waals surface area contributed by atoms with Crippen molar-refractivity contribution in [2.24, 2.45) is 0 Å². The molecule has 0 atom stereocenters. The molecule has 0 saturated carbocycles. The molecule has 2 aliphatic rings. The Balaban J connectivity index is 0.877. The van der Waals surface area contributed by atoms with Crippen LogP contribution in [0.1, 0.15) is 37.8 Å². The largest absolute Gasteiger partial charge is 0.313 e. The van der Waals surface area contributed by atoms with E-state index in [1.54, 1.807) is 0 Å². The minimum absolute atomic E-state index is 0.132. The fourth-order valence-corrected chi connectivity index (χ4v) is 15.6. The number of para-hydroxylation sites is 1. The predicted octanol–water partition coefficient (Wildman–Crippen LogP) is 23.3. The average Bonchev–Trinajstić information content (AvgIpc) is 2.39. The second-order valence-corrected chi connectivity index (χ2v) is 24.5. The third-order valence-corrected chi connectivity index (χ3v) is 19.5. The standard InChI is InChI=1S/C85H58N2/c1-85(2)75-38-22-21-31-61(75)62-43-40-56(48-76(62)85)84-70-37-20-19-36-69(70)83(71-46-39-55(47-74(71)84)53-23-7-3-8-24-53)58-42-45-64-73-52-79-72(51-80(73)87(78(64)50-58)60-29-13-6-14-30-60)63-44-41-57(49-77(63)86(79)59-27-11-5-12-28-59)82-67-34-17-15-32-65(67)81(54-25-9-4-10-26-54)66-33-16-18-35-68(66)82/h3-11,13-27,29-52H,12,28H2,1-2H3. The molecule has 0 fully saturated rings. The van der Waals surface area contributed by atoms with Gasteiger partial charge in [0.25, 0.3) is 0 Å². The molecule has 0 radical (unpaired) electrons. The van der Waals surface area contributed by atoms with Crippen molar-refractivity contribution in [2.45, 2.75) is 32.1 Å². The Bertz CT molecular complexity index is 5580. The molecule has 0 spiro atoms. The predicted molar refractivity (Wildman–Crippen MR) is 371 cm³/mol. The Morgan fingerprint density at radius 2 is 0.713 bits per heavy atom. The Kier molecular flexibility index (Phi) is 10.9. The van der Waals surface area contributed by atoms with Gasteiger partial charge in [0.1, 0.15) is 0 Å². The molecule has 0 aliphatic heterocycles. The maximum atomic E-state index is 2.59. The second-order valence-electron chi connectivity index (χ2n) is 24.5. The van der Waals surface area contributed by atoms with Crippen molar-refractivity contribution in [3.8, 4) is 72.4 Å². The molecule has 14 aromatic carbocycles. The van der Waals surface area contributed by atoms with Crippen LogP contribution in [0.2, 0.25) is 0 Å². The lowest BCUT2D eigenvalue weighted by Crippen LogP contribution is -2.14. The quantitative estimate of drug-likeness (QED) is 0.141. The second kappa shape index (κ2) is 19.1. The summed E-state index contributed by atoms with van der Waals surface area (Å²) in [5.74, 6) is 0. The van der Waals surface area contributed by atoms with Crippen molar-refractivity contribution < 1.29 is 0 Å². The summed E-state index contributed by atoms with van der Waals surface area (Å²) in [7, 11) is 0. The summed E-state index contributed by atoms with van der Waals surface area (Å²) in [4.78, 5) is 0. The fourth-order valence-electron chi connectivity index (χ4n) is 15.6. The fraction of sp³-hybridized carbons (Fsp3) is 0.0588. The highest BCUT2D eigenvalue weighted by Gasteiger charge is 2.36. The van der Waals surface area contributed by atoms with Crippen LogP contribution >= 0.6 is 0 Å². The van der Waals surface area contributed by atoms with Gasteiger partial charge in [-0.2, -0.15) is 0 Å². The van der Waals surface area contributed by atoms with E-state index in [1.807, 2.05) is 0 Å². The number of hydrogen-bond acceptors (Lipinski definition) is 0. The van der Waals surface area contributed by atoms with Crippen molar-refractivity contribution in [2.75, 3.05) is 0 Å². The molecule has 0 N–H and O–H groups in total. The molecule has 0 amide bonds. The van der Waals surface area contributed by atoms with Gasteiger partial charge in [-0.25, -0.2) is 0 Å². The van der Waals surface area contributed by atoms with Crippen LogP contribution in [0.5, 0.6) is 0 Å². The Morgan fingerprint density at radius 1 is 0.287 bits per heavy atom. The summed E-state index contributed by atoms with van der Waals surface area (Å²) in [5, 5.41) is 15.0. The molecule has 2 heteroatoms. The maximum absolute atomic E-state index is 2.59. The number of fused-ring (bicyclic) bond motifs is 13. The molecular formula is C85H58N2. The van der Waals surface area contributed by atoms with Gasteiger partial charge in [0.15, 0.2) is 0 Å². The number of nitrogens with zero attached hydrogens (tertiary/aromatic N) is 2. The van der Waals surface area contributed by atoms with Crippen molar-refractivity contribution in [3.63, 3.8) is 0 Å². The van der Waals surface area contributed by atoms with E-state index >= 15 is 0 Å². The van der Waals surface area contributed by atoms with E-state index in [0.717, 1.165) is 18.5 Å². The first kappa shape index (κ1) is 49.6. The van der Waals surface area contributed by atoms with E-state index in [2.05, 4.69) is 314 Å². The first-order valence-electron chi connectivity index (χ1n) is 30.7. The molecule has 2 nitrogen and oxygen atoms in total. The molecule has 2 aliphatic carbocycles. The van der Waals surface area contributed by atoms with Crippen LogP contribution < -0.4 is 0 Å². The number of aromatic nitrogens is 2. The molecule has 2 heterocycles. The summed E-state index contributed by atoms with van der Waals surface area (Å²) in [5.41, 5.74) is 24.9. The van der Waals surface area contributed by atoms with Gasteiger partial charge in [0.2, 0.25) is 0 Å². The zero-order valence-electron chi connectivity index (χ0n) is 48.5. The van der Waals surface area contributed by atoms with Crippen LogP contribution in [0.4, 0.5) is 0 Å². The van der Waals surface area contributed by atoms with Crippen LogP contribution in [-0.4, -0.2) is 9.13 Å². The monoisotopic (exact) mass is 1110 g/mol. The Morgan fingerprint density at radius 3 is 1.30 bits per heavy atom. The molecule has 0 unspecified atom stereocenters. The lowest BCUT2D eigenvalue weighted by Gasteiger charge is -2.23. The Labute approximate surface area is 505 Å². The molecule has 408 valence electrons. The zero-order chi connectivity index (χ0) is 57.5. The number of rotatable bonds is 7. The van der Waals surface area contributed by atoms with E-state index in [-0.39, 0.29) is 5.41 Å². The zero-order valence-corrected chi connectivity index (χ0v) is 48.5. The molecule has 16 aromatic rings. The van der Waals surface area contributed by atoms with Gasteiger partial charge in [-0.3, -0.25) is 0 Å². The normalized spacial score (nSPS) is 13.7. The summed E-state index contributed by atoms with van der Waals surface area (Å²) in [6.07, 6.45) is 8.84. The minimum atomic E-state index is -0.132. The average molecular weight is 1110 g/mol. The number of allylic oxidation sites excluding steroid dienone is 4.